The number of carbonyl (C=O) groups excluding carboxylic acids is 1. The molecule has 5 heteroatoms. The van der Waals surface area contributed by atoms with Crippen molar-refractivity contribution in [3.8, 4) is 6.07 Å². The van der Waals surface area contributed by atoms with Crippen LogP contribution >= 0.6 is 11.8 Å². The van der Waals surface area contributed by atoms with Crippen molar-refractivity contribution in [2.45, 2.75) is 11.8 Å². The molecule has 0 aliphatic heterocycles. The van der Waals surface area contributed by atoms with Crippen LogP contribution in [-0.2, 0) is 9.53 Å². The predicted octanol–water partition coefficient (Wildman–Crippen LogP) is 2.79. The summed E-state index contributed by atoms with van der Waals surface area (Å²) in [5.74, 6) is -0.617. The fourth-order valence-corrected chi connectivity index (χ4v) is 1.82. The maximum atomic E-state index is 11.4. The van der Waals surface area contributed by atoms with Gasteiger partial charge in [0.05, 0.1) is 12.3 Å². The van der Waals surface area contributed by atoms with Gasteiger partial charge in [0.2, 0.25) is 0 Å². The molecule has 0 aromatic heterocycles. The monoisotopic (exact) mass is 262 g/mol. The molecule has 0 atom stereocenters. The average Bonchev–Trinajstić information content (AvgIpc) is 2.40. The Balaban J connectivity index is 2.84. The first-order valence-corrected chi connectivity index (χ1v) is 6.62. The van der Waals surface area contributed by atoms with Gasteiger partial charge in [-0.3, -0.25) is 0 Å². The molecule has 1 aromatic rings. The van der Waals surface area contributed by atoms with Crippen molar-refractivity contribution < 1.29 is 9.53 Å². The van der Waals surface area contributed by atoms with Crippen molar-refractivity contribution in [1.29, 1.82) is 5.26 Å². The molecule has 0 unspecified atom stereocenters. The number of esters is 1. The molecule has 1 N–H and O–H groups in total. The Morgan fingerprint density at radius 1 is 1.56 bits per heavy atom. The number of anilines is 1. The van der Waals surface area contributed by atoms with E-state index in [1.165, 1.54) is 6.20 Å². The number of hydrogen-bond acceptors (Lipinski definition) is 5. The molecule has 1 rings (SSSR count). The van der Waals surface area contributed by atoms with Crippen molar-refractivity contribution >= 4 is 23.4 Å². The zero-order chi connectivity index (χ0) is 13.4. The summed E-state index contributed by atoms with van der Waals surface area (Å²) >= 11 is 1.58. The van der Waals surface area contributed by atoms with E-state index >= 15 is 0 Å². The Morgan fingerprint density at radius 3 is 2.89 bits per heavy atom. The van der Waals surface area contributed by atoms with Gasteiger partial charge in [0.25, 0.3) is 0 Å². The van der Waals surface area contributed by atoms with Crippen LogP contribution in [-0.4, -0.2) is 18.8 Å². The lowest BCUT2D eigenvalue weighted by Gasteiger charge is -2.06. The Kier molecular flexibility index (Phi) is 5.81. The van der Waals surface area contributed by atoms with Crippen LogP contribution in [0.3, 0.4) is 0 Å². The number of thioether (sulfide) groups is 1. The topological polar surface area (TPSA) is 62.1 Å². The van der Waals surface area contributed by atoms with Gasteiger partial charge in [0, 0.05) is 11.1 Å². The molecular formula is C13H14N2O2S. The number of carbonyl (C=O) groups is 1. The van der Waals surface area contributed by atoms with E-state index in [-0.39, 0.29) is 12.2 Å². The molecule has 0 amide bonds. The standard InChI is InChI=1S/C13H14N2O2S/c1-3-17-13(16)10(8-14)9-15-11-6-4-5-7-12(11)18-2/h4-7,9,15H,3H2,1-2H3/b10-9-. The van der Waals surface area contributed by atoms with E-state index in [4.69, 9.17) is 10.00 Å². The van der Waals surface area contributed by atoms with Crippen LogP contribution in [0.5, 0.6) is 0 Å². The van der Waals surface area contributed by atoms with Crippen molar-refractivity contribution in [2.24, 2.45) is 0 Å². The number of nitriles is 1. The van der Waals surface area contributed by atoms with Gasteiger partial charge in [-0.2, -0.15) is 5.26 Å². The molecule has 0 bridgehead atoms. The van der Waals surface area contributed by atoms with Crippen molar-refractivity contribution in [2.75, 3.05) is 18.2 Å². The third-order valence-corrected chi connectivity index (χ3v) is 2.89. The zero-order valence-electron chi connectivity index (χ0n) is 10.3. The second-order valence-corrected chi connectivity index (χ2v) is 4.08. The second kappa shape index (κ2) is 7.41. The molecule has 0 aliphatic carbocycles. The molecule has 0 spiro atoms. The number of para-hydroxylation sites is 1. The highest BCUT2D eigenvalue weighted by Crippen LogP contribution is 2.24. The van der Waals surface area contributed by atoms with Crippen molar-refractivity contribution in [3.05, 3.63) is 36.0 Å². The fourth-order valence-electron chi connectivity index (χ4n) is 1.26. The van der Waals surface area contributed by atoms with Crippen LogP contribution in [0.15, 0.2) is 40.9 Å². The molecule has 18 heavy (non-hydrogen) atoms. The van der Waals surface area contributed by atoms with Crippen LogP contribution < -0.4 is 5.32 Å². The van der Waals surface area contributed by atoms with Gasteiger partial charge in [0.15, 0.2) is 5.57 Å². The normalized spacial score (nSPS) is 10.6. The number of nitrogens with one attached hydrogen (secondary N) is 1. The first kappa shape index (κ1) is 14.1. The maximum absolute atomic E-state index is 11.4. The summed E-state index contributed by atoms with van der Waals surface area (Å²) in [6, 6.07) is 9.45. The molecule has 0 fully saturated rings. The lowest BCUT2D eigenvalue weighted by Crippen LogP contribution is -2.08. The summed E-state index contributed by atoms with van der Waals surface area (Å²) in [6.45, 7) is 1.95. The quantitative estimate of drug-likeness (QED) is 0.382. The zero-order valence-corrected chi connectivity index (χ0v) is 11.1. The Labute approximate surface area is 111 Å². The molecule has 0 saturated heterocycles. The SMILES string of the molecule is CCOC(=O)/C(C#N)=C\Nc1ccccc1SC. The largest absolute Gasteiger partial charge is 0.462 e. The van der Waals surface area contributed by atoms with Crippen LogP contribution in [0, 0.1) is 11.3 Å². The van der Waals surface area contributed by atoms with Crippen LogP contribution in [0.4, 0.5) is 5.69 Å². The highest BCUT2D eigenvalue weighted by molar-refractivity contribution is 7.98. The highest BCUT2D eigenvalue weighted by atomic mass is 32.2. The molecule has 94 valence electrons. The average molecular weight is 262 g/mol. The van der Waals surface area contributed by atoms with Crippen molar-refractivity contribution in [1.82, 2.24) is 0 Å². The van der Waals surface area contributed by atoms with Gasteiger partial charge in [0.1, 0.15) is 6.07 Å². The molecular weight excluding hydrogens is 248 g/mol. The smallest absolute Gasteiger partial charge is 0.350 e. The minimum Gasteiger partial charge on any atom is -0.462 e. The molecule has 4 nitrogen and oxygen atoms in total. The van der Waals surface area contributed by atoms with E-state index in [1.807, 2.05) is 36.6 Å². The third kappa shape index (κ3) is 3.82. The first-order valence-electron chi connectivity index (χ1n) is 5.39. The van der Waals surface area contributed by atoms with Crippen LogP contribution in [0.25, 0.3) is 0 Å². The number of hydrogen-bond donors (Lipinski definition) is 1. The molecule has 0 radical (unpaired) electrons. The minimum absolute atomic E-state index is 0.0484. The number of benzene rings is 1. The van der Waals surface area contributed by atoms with E-state index in [1.54, 1.807) is 18.7 Å². The molecule has 0 heterocycles. The van der Waals surface area contributed by atoms with Gasteiger partial charge in [-0.05, 0) is 25.3 Å². The molecule has 1 aromatic carbocycles. The number of ether oxygens (including phenoxy) is 1. The highest BCUT2D eigenvalue weighted by Gasteiger charge is 2.09. The van der Waals surface area contributed by atoms with Gasteiger partial charge >= 0.3 is 5.97 Å². The minimum atomic E-state index is -0.617. The van der Waals surface area contributed by atoms with E-state index in [9.17, 15) is 4.79 Å². The summed E-state index contributed by atoms with van der Waals surface area (Å²) in [5.41, 5.74) is 0.801. The maximum Gasteiger partial charge on any atom is 0.350 e. The van der Waals surface area contributed by atoms with Gasteiger partial charge < -0.3 is 10.1 Å². The van der Waals surface area contributed by atoms with E-state index < -0.39 is 5.97 Å². The van der Waals surface area contributed by atoms with Gasteiger partial charge in [-0.15, -0.1) is 11.8 Å². The number of nitrogens with zero attached hydrogens (tertiary/aromatic N) is 1. The summed E-state index contributed by atoms with van der Waals surface area (Å²) in [6.07, 6.45) is 3.33. The van der Waals surface area contributed by atoms with E-state index in [0.717, 1.165) is 10.6 Å². The third-order valence-electron chi connectivity index (χ3n) is 2.09. The first-order chi connectivity index (χ1) is 8.72. The summed E-state index contributed by atoms with van der Waals surface area (Å²) in [4.78, 5) is 12.4. The molecule has 0 saturated carbocycles. The van der Waals surface area contributed by atoms with Crippen LogP contribution in [0.1, 0.15) is 6.92 Å². The van der Waals surface area contributed by atoms with Crippen LogP contribution in [0.2, 0.25) is 0 Å². The fraction of sp³-hybridized carbons (Fsp3) is 0.231. The summed E-state index contributed by atoms with van der Waals surface area (Å²) in [7, 11) is 0. The predicted molar refractivity (Wildman–Crippen MR) is 72.2 cm³/mol. The Bertz CT molecular complexity index is 492. The van der Waals surface area contributed by atoms with Gasteiger partial charge in [-0.25, -0.2) is 4.79 Å². The summed E-state index contributed by atoms with van der Waals surface area (Å²) < 4.78 is 4.76. The lowest BCUT2D eigenvalue weighted by molar-refractivity contribution is -0.138. The second-order valence-electron chi connectivity index (χ2n) is 3.23. The van der Waals surface area contributed by atoms with E-state index in [0.29, 0.717) is 0 Å². The Hall–Kier alpha value is -1.93. The van der Waals surface area contributed by atoms with Gasteiger partial charge in [-0.1, -0.05) is 12.1 Å². The number of rotatable bonds is 5. The molecule has 0 aliphatic rings. The Morgan fingerprint density at radius 2 is 2.28 bits per heavy atom. The summed E-state index contributed by atoms with van der Waals surface area (Å²) in [5, 5.41) is 11.8. The lowest BCUT2D eigenvalue weighted by atomic mass is 10.3. The van der Waals surface area contributed by atoms with E-state index in [2.05, 4.69) is 5.32 Å². The van der Waals surface area contributed by atoms with Crippen molar-refractivity contribution in [3.63, 3.8) is 0 Å².